The van der Waals surface area contributed by atoms with Crippen LogP contribution in [0.25, 0.3) is 0 Å². The number of piperidine rings is 1. The Morgan fingerprint density at radius 2 is 1.88 bits per heavy atom. The molecule has 5 nitrogen and oxygen atoms in total. The lowest BCUT2D eigenvalue weighted by Gasteiger charge is -2.35. The molecule has 0 aromatic heterocycles. The molecule has 1 aliphatic rings. The first kappa shape index (κ1) is 19.9. The highest BCUT2D eigenvalue weighted by atomic mass is 35.5. The van der Waals surface area contributed by atoms with E-state index in [1.165, 1.54) is 0 Å². The molecule has 2 rings (SSSR count). The zero-order valence-electron chi connectivity index (χ0n) is 15.8. The van der Waals surface area contributed by atoms with E-state index in [1.807, 2.05) is 38.2 Å². The van der Waals surface area contributed by atoms with Gasteiger partial charge in [-0.05, 0) is 57.9 Å². The van der Waals surface area contributed by atoms with E-state index in [2.05, 4.69) is 34.4 Å². The summed E-state index contributed by atoms with van der Waals surface area (Å²) in [6, 6.07) is 8.54. The van der Waals surface area contributed by atoms with Gasteiger partial charge in [-0.1, -0.05) is 11.6 Å². The third kappa shape index (κ3) is 6.75. The van der Waals surface area contributed by atoms with Crippen LogP contribution in [0.4, 0.5) is 0 Å². The van der Waals surface area contributed by atoms with Gasteiger partial charge in [0.05, 0.1) is 6.54 Å². The molecule has 1 fully saturated rings. The monoisotopic (exact) mass is 366 g/mol. The molecule has 0 saturated carbocycles. The van der Waals surface area contributed by atoms with Crippen LogP contribution in [0.3, 0.4) is 0 Å². The lowest BCUT2D eigenvalue weighted by molar-refractivity contribution is 0.167. The fourth-order valence-electron chi connectivity index (χ4n) is 2.98. The summed E-state index contributed by atoms with van der Waals surface area (Å²) in [5.41, 5.74) is 0. The molecule has 2 N–H and O–H groups in total. The maximum absolute atomic E-state index is 5.89. The normalized spacial score (nSPS) is 18.2. The summed E-state index contributed by atoms with van der Waals surface area (Å²) in [5.74, 6) is 1.66. The molecule has 6 heteroatoms. The number of hydrogen-bond donors (Lipinski definition) is 2. The van der Waals surface area contributed by atoms with E-state index in [1.54, 1.807) is 0 Å². The molecule has 1 saturated heterocycles. The maximum atomic E-state index is 5.89. The molecule has 140 valence electrons. The number of nitrogens with zero attached hydrogens (tertiary/aromatic N) is 2. The highest BCUT2D eigenvalue weighted by Crippen LogP contribution is 2.16. The van der Waals surface area contributed by atoms with Gasteiger partial charge in [0.2, 0.25) is 0 Å². The zero-order chi connectivity index (χ0) is 18.2. The molecular weight excluding hydrogens is 336 g/mol. The third-order valence-corrected chi connectivity index (χ3v) is 4.78. The van der Waals surface area contributed by atoms with Crippen LogP contribution < -0.4 is 15.4 Å². The van der Waals surface area contributed by atoms with Gasteiger partial charge in [0.25, 0.3) is 0 Å². The molecule has 1 heterocycles. The lowest BCUT2D eigenvalue weighted by atomic mass is 10.0. The van der Waals surface area contributed by atoms with Crippen molar-refractivity contribution in [2.75, 3.05) is 26.7 Å². The number of rotatable bonds is 6. The minimum atomic E-state index is 0.0301. The van der Waals surface area contributed by atoms with Crippen LogP contribution in [-0.4, -0.2) is 55.7 Å². The van der Waals surface area contributed by atoms with Crippen molar-refractivity contribution in [3.8, 4) is 5.75 Å². The molecule has 1 atom stereocenters. The summed E-state index contributed by atoms with van der Waals surface area (Å²) in [5, 5.41) is 7.60. The van der Waals surface area contributed by atoms with E-state index >= 15 is 0 Å². The molecular formula is C19H31ClN4O. The number of likely N-dealkylation sites (tertiary alicyclic amines) is 1. The van der Waals surface area contributed by atoms with Crippen LogP contribution in [0.1, 0.15) is 33.6 Å². The Bertz CT molecular complexity index is 539. The number of ether oxygens (including phenoxy) is 1. The zero-order valence-corrected chi connectivity index (χ0v) is 16.5. The van der Waals surface area contributed by atoms with Crippen molar-refractivity contribution in [1.82, 2.24) is 15.5 Å². The Balaban J connectivity index is 1.72. The van der Waals surface area contributed by atoms with Gasteiger partial charge in [-0.15, -0.1) is 0 Å². The van der Waals surface area contributed by atoms with Gasteiger partial charge < -0.3 is 20.3 Å². The second kappa shape index (κ2) is 9.88. The summed E-state index contributed by atoms with van der Waals surface area (Å²) in [6.45, 7) is 9.53. The molecule has 0 spiro atoms. The first-order valence-corrected chi connectivity index (χ1v) is 9.49. The van der Waals surface area contributed by atoms with Crippen molar-refractivity contribution in [3.63, 3.8) is 0 Å². The van der Waals surface area contributed by atoms with Crippen molar-refractivity contribution in [3.05, 3.63) is 29.3 Å². The van der Waals surface area contributed by atoms with Crippen molar-refractivity contribution in [2.24, 2.45) is 4.99 Å². The Labute approximate surface area is 156 Å². The average Bonchev–Trinajstić information content (AvgIpc) is 2.61. The Hall–Kier alpha value is -1.46. The molecule has 0 amide bonds. The first-order chi connectivity index (χ1) is 12.0. The van der Waals surface area contributed by atoms with Gasteiger partial charge in [-0.25, -0.2) is 0 Å². The SMILES string of the molecule is CN=C(NCC(C)Oc1ccc(Cl)cc1)NC1CCN(C(C)C)CC1. The predicted octanol–water partition coefficient (Wildman–Crippen LogP) is 3.15. The number of benzene rings is 1. The Kier molecular flexibility index (Phi) is 7.85. The highest BCUT2D eigenvalue weighted by Gasteiger charge is 2.21. The molecule has 0 radical (unpaired) electrons. The van der Waals surface area contributed by atoms with Crippen LogP contribution >= 0.6 is 11.6 Å². The lowest BCUT2D eigenvalue weighted by Crippen LogP contribution is -2.50. The molecule has 1 aromatic carbocycles. The maximum Gasteiger partial charge on any atom is 0.191 e. The van der Waals surface area contributed by atoms with E-state index in [-0.39, 0.29) is 6.10 Å². The highest BCUT2D eigenvalue weighted by molar-refractivity contribution is 6.30. The minimum absolute atomic E-state index is 0.0301. The van der Waals surface area contributed by atoms with Gasteiger partial charge in [0.15, 0.2) is 5.96 Å². The van der Waals surface area contributed by atoms with Crippen LogP contribution in [0.5, 0.6) is 5.75 Å². The van der Waals surface area contributed by atoms with Crippen molar-refractivity contribution in [2.45, 2.75) is 51.8 Å². The van der Waals surface area contributed by atoms with Crippen LogP contribution in [0.2, 0.25) is 5.02 Å². The molecule has 1 unspecified atom stereocenters. The van der Waals surface area contributed by atoms with Gasteiger partial charge in [-0.3, -0.25) is 4.99 Å². The number of aliphatic imine (C=N–C) groups is 1. The summed E-state index contributed by atoms with van der Waals surface area (Å²) in [4.78, 5) is 6.86. The van der Waals surface area contributed by atoms with Gasteiger partial charge in [-0.2, -0.15) is 0 Å². The largest absolute Gasteiger partial charge is 0.489 e. The second-order valence-corrected chi connectivity index (χ2v) is 7.32. The van der Waals surface area contributed by atoms with E-state index in [9.17, 15) is 0 Å². The number of nitrogens with one attached hydrogen (secondary N) is 2. The van der Waals surface area contributed by atoms with Crippen molar-refractivity contribution >= 4 is 17.6 Å². The van der Waals surface area contributed by atoms with E-state index in [0.29, 0.717) is 23.7 Å². The van der Waals surface area contributed by atoms with Crippen LogP contribution in [0.15, 0.2) is 29.3 Å². The fourth-order valence-corrected chi connectivity index (χ4v) is 3.10. The molecule has 1 aromatic rings. The average molecular weight is 367 g/mol. The van der Waals surface area contributed by atoms with Gasteiger partial charge >= 0.3 is 0 Å². The van der Waals surface area contributed by atoms with Crippen LogP contribution in [-0.2, 0) is 0 Å². The smallest absolute Gasteiger partial charge is 0.191 e. The molecule has 1 aliphatic heterocycles. The first-order valence-electron chi connectivity index (χ1n) is 9.11. The minimum Gasteiger partial charge on any atom is -0.489 e. The summed E-state index contributed by atoms with van der Waals surface area (Å²) in [7, 11) is 1.81. The Morgan fingerprint density at radius 1 is 1.24 bits per heavy atom. The molecule has 0 bridgehead atoms. The number of halogens is 1. The molecule has 0 aliphatic carbocycles. The summed E-state index contributed by atoms with van der Waals surface area (Å²) >= 11 is 5.89. The van der Waals surface area contributed by atoms with Crippen molar-refractivity contribution in [1.29, 1.82) is 0 Å². The number of guanidine groups is 1. The van der Waals surface area contributed by atoms with E-state index in [4.69, 9.17) is 16.3 Å². The third-order valence-electron chi connectivity index (χ3n) is 4.53. The fraction of sp³-hybridized carbons (Fsp3) is 0.632. The number of hydrogen-bond acceptors (Lipinski definition) is 3. The summed E-state index contributed by atoms with van der Waals surface area (Å²) in [6.07, 6.45) is 2.33. The van der Waals surface area contributed by atoms with Crippen molar-refractivity contribution < 1.29 is 4.74 Å². The quantitative estimate of drug-likeness (QED) is 0.599. The van der Waals surface area contributed by atoms with E-state index < -0.39 is 0 Å². The summed E-state index contributed by atoms with van der Waals surface area (Å²) < 4.78 is 5.88. The topological polar surface area (TPSA) is 48.9 Å². The Morgan fingerprint density at radius 3 is 2.44 bits per heavy atom. The van der Waals surface area contributed by atoms with E-state index in [0.717, 1.165) is 37.6 Å². The standard InChI is InChI=1S/C19H31ClN4O/c1-14(2)24-11-9-17(10-12-24)23-19(21-4)22-13-15(3)25-18-7-5-16(20)6-8-18/h5-8,14-15,17H,9-13H2,1-4H3,(H2,21,22,23). The van der Waals surface area contributed by atoms with Crippen LogP contribution in [0, 0.1) is 0 Å². The second-order valence-electron chi connectivity index (χ2n) is 6.88. The van der Waals surface area contributed by atoms with Gasteiger partial charge in [0, 0.05) is 37.2 Å². The molecule has 25 heavy (non-hydrogen) atoms. The van der Waals surface area contributed by atoms with Gasteiger partial charge in [0.1, 0.15) is 11.9 Å². The predicted molar refractivity (Wildman–Crippen MR) is 106 cm³/mol.